The van der Waals surface area contributed by atoms with Crippen LogP contribution < -0.4 is 40.0 Å². The molecule has 0 amide bonds. The summed E-state index contributed by atoms with van der Waals surface area (Å²) in [7, 11) is 4.54. The van der Waals surface area contributed by atoms with E-state index >= 15 is 0 Å². The van der Waals surface area contributed by atoms with Gasteiger partial charge in [0, 0.05) is 47.7 Å². The number of anilines is 12. The molecule has 0 aromatic heterocycles. The van der Waals surface area contributed by atoms with Gasteiger partial charge in [-0.25, -0.2) is 0 Å². The molecule has 0 spiro atoms. The van der Waals surface area contributed by atoms with Gasteiger partial charge in [-0.15, -0.1) is 0 Å². The molecule has 0 N–H and O–H groups in total. The third kappa shape index (κ3) is 3.69. The molecule has 7 aromatic carbocycles. The molecule has 0 fully saturated rings. The molecule has 58 heavy (non-hydrogen) atoms. The minimum absolute atomic E-state index is 0.119. The Morgan fingerprint density at radius 3 is 1.07 bits per heavy atom. The lowest BCUT2D eigenvalue weighted by Gasteiger charge is -2.42. The summed E-state index contributed by atoms with van der Waals surface area (Å²) < 4.78 is 0. The van der Waals surface area contributed by atoms with E-state index in [0.29, 0.717) is 0 Å². The third-order valence-corrected chi connectivity index (χ3v) is 14.5. The summed E-state index contributed by atoms with van der Waals surface area (Å²) in [5.41, 5.74) is 22.6. The van der Waals surface area contributed by atoms with E-state index in [9.17, 15) is 0 Å². The van der Waals surface area contributed by atoms with Crippen LogP contribution in [0.4, 0.5) is 68.2 Å². The molecule has 6 aliphatic rings. The van der Waals surface area contributed by atoms with Crippen LogP contribution in [0.5, 0.6) is 0 Å². The maximum Gasteiger partial charge on any atom is 0.423 e. The highest BCUT2D eigenvalue weighted by molar-refractivity contribution is 6.88. The number of nitrogens with zero attached hydrogens (tertiary/aromatic N) is 6. The van der Waals surface area contributed by atoms with Gasteiger partial charge in [0.25, 0.3) is 0 Å². The van der Waals surface area contributed by atoms with Crippen LogP contribution in [0.1, 0.15) is 49.9 Å². The predicted octanol–water partition coefficient (Wildman–Crippen LogP) is 10.5. The zero-order valence-corrected chi connectivity index (χ0v) is 33.7. The Balaban J connectivity index is 1.14. The van der Waals surface area contributed by atoms with Crippen molar-refractivity contribution in [2.45, 2.75) is 38.5 Å². The average Bonchev–Trinajstić information content (AvgIpc) is 3.72. The summed E-state index contributed by atoms with van der Waals surface area (Å²) in [4.78, 5) is 15.5. The Morgan fingerprint density at radius 1 is 0.328 bits per heavy atom. The second kappa shape index (κ2) is 10.7. The molecule has 7 aromatic rings. The monoisotopic (exact) mass is 748 g/mol. The zero-order valence-electron chi connectivity index (χ0n) is 33.7. The number of benzene rings is 7. The molecule has 6 aliphatic heterocycles. The van der Waals surface area contributed by atoms with Crippen molar-refractivity contribution in [2.24, 2.45) is 0 Å². The molecule has 0 saturated carbocycles. The molecule has 13 rings (SSSR count). The molecule has 0 radical (unpaired) electrons. The molecular formula is C50H42B2N6. The van der Waals surface area contributed by atoms with Gasteiger partial charge in [-0.1, -0.05) is 113 Å². The van der Waals surface area contributed by atoms with E-state index in [4.69, 9.17) is 0 Å². The highest BCUT2D eigenvalue weighted by Crippen LogP contribution is 2.61. The van der Waals surface area contributed by atoms with Crippen LogP contribution in [0, 0.1) is 0 Å². The van der Waals surface area contributed by atoms with E-state index in [1.807, 2.05) is 0 Å². The lowest BCUT2D eigenvalue weighted by atomic mass is 9.58. The lowest BCUT2D eigenvalue weighted by molar-refractivity contribution is 0.634. The van der Waals surface area contributed by atoms with Crippen molar-refractivity contribution in [3.8, 4) is 0 Å². The van der Waals surface area contributed by atoms with Gasteiger partial charge >= 0.3 is 14.0 Å². The zero-order chi connectivity index (χ0) is 39.0. The second-order valence-electron chi connectivity index (χ2n) is 17.9. The van der Waals surface area contributed by atoms with Crippen molar-refractivity contribution < 1.29 is 0 Å². The maximum atomic E-state index is 2.66. The SMILES string of the molecule is CN1c2cc3c(cc2B2N(c4ccccc41)c1cccc4c1N2c1ccccc1C4(C)C)N(C)c1ccccc1N1B3N2c3ccccc3C(C)(C)c3cccc1c32. The second-order valence-corrected chi connectivity index (χ2v) is 17.9. The summed E-state index contributed by atoms with van der Waals surface area (Å²) in [6.45, 7) is 9.32. The van der Waals surface area contributed by atoms with Gasteiger partial charge in [-0.3, -0.25) is 0 Å². The number of para-hydroxylation sites is 8. The fourth-order valence-electron chi connectivity index (χ4n) is 11.8. The van der Waals surface area contributed by atoms with Gasteiger partial charge in [-0.05, 0) is 93.8 Å². The van der Waals surface area contributed by atoms with Crippen LogP contribution in [0.25, 0.3) is 0 Å². The highest BCUT2D eigenvalue weighted by Gasteiger charge is 2.56. The van der Waals surface area contributed by atoms with Gasteiger partial charge in [0.2, 0.25) is 0 Å². The molecular weight excluding hydrogens is 706 g/mol. The number of hydrogen-bond donors (Lipinski definition) is 0. The van der Waals surface area contributed by atoms with Crippen molar-refractivity contribution in [1.82, 2.24) is 0 Å². The Kier molecular flexibility index (Phi) is 6.00. The van der Waals surface area contributed by atoms with Crippen molar-refractivity contribution in [3.63, 3.8) is 0 Å². The minimum Gasteiger partial charge on any atom is -0.359 e. The summed E-state index contributed by atoms with van der Waals surface area (Å²) in [5.74, 6) is 0. The van der Waals surface area contributed by atoms with Crippen LogP contribution in [0.2, 0.25) is 0 Å². The first kappa shape index (κ1) is 32.5. The Labute approximate surface area is 341 Å². The first-order valence-corrected chi connectivity index (χ1v) is 20.6. The van der Waals surface area contributed by atoms with Crippen molar-refractivity contribution >= 4 is 93.1 Å². The molecule has 8 heteroatoms. The van der Waals surface area contributed by atoms with E-state index in [0.717, 1.165) is 0 Å². The molecule has 278 valence electrons. The third-order valence-electron chi connectivity index (χ3n) is 14.5. The van der Waals surface area contributed by atoms with E-state index in [1.54, 1.807) is 0 Å². The fourth-order valence-corrected chi connectivity index (χ4v) is 11.8. The van der Waals surface area contributed by atoms with Crippen LogP contribution in [0.15, 0.2) is 146 Å². The molecule has 0 unspecified atom stereocenters. The molecule has 6 heterocycles. The fraction of sp³-hybridized carbons (Fsp3) is 0.160. The van der Waals surface area contributed by atoms with Gasteiger partial charge < -0.3 is 29.0 Å². The largest absolute Gasteiger partial charge is 0.423 e. The summed E-state index contributed by atoms with van der Waals surface area (Å²) in [6.07, 6.45) is 0. The first-order valence-electron chi connectivity index (χ1n) is 20.6. The normalized spacial score (nSPS) is 17.5. The van der Waals surface area contributed by atoms with Crippen molar-refractivity contribution in [1.29, 1.82) is 0 Å². The minimum atomic E-state index is -0.154. The summed E-state index contributed by atoms with van der Waals surface area (Å²) >= 11 is 0. The molecule has 0 aliphatic carbocycles. The number of fused-ring (bicyclic) bond motifs is 18. The van der Waals surface area contributed by atoms with E-state index in [1.165, 1.54) is 101 Å². The van der Waals surface area contributed by atoms with Crippen molar-refractivity contribution in [3.05, 3.63) is 168 Å². The van der Waals surface area contributed by atoms with Gasteiger partial charge in [0.05, 0.1) is 45.5 Å². The van der Waals surface area contributed by atoms with Crippen LogP contribution >= 0.6 is 0 Å². The molecule has 6 nitrogen and oxygen atoms in total. The van der Waals surface area contributed by atoms with Crippen LogP contribution in [-0.4, -0.2) is 28.1 Å². The van der Waals surface area contributed by atoms with E-state index in [-0.39, 0.29) is 24.8 Å². The molecule has 0 bridgehead atoms. The maximum absolute atomic E-state index is 2.66. The summed E-state index contributed by atoms with van der Waals surface area (Å²) in [5, 5.41) is 0. The molecule has 0 atom stereocenters. The smallest absolute Gasteiger partial charge is 0.359 e. The Morgan fingerprint density at radius 2 is 0.655 bits per heavy atom. The van der Waals surface area contributed by atoms with Crippen molar-refractivity contribution in [2.75, 3.05) is 43.1 Å². The molecule has 0 saturated heterocycles. The average molecular weight is 749 g/mol. The van der Waals surface area contributed by atoms with Gasteiger partial charge in [0.15, 0.2) is 0 Å². The number of rotatable bonds is 0. The van der Waals surface area contributed by atoms with E-state index < -0.39 is 0 Å². The van der Waals surface area contributed by atoms with Gasteiger partial charge in [-0.2, -0.15) is 0 Å². The van der Waals surface area contributed by atoms with Gasteiger partial charge in [0.1, 0.15) is 0 Å². The highest BCUT2D eigenvalue weighted by atomic mass is 15.3. The lowest BCUT2D eigenvalue weighted by Crippen LogP contribution is -2.57. The quantitative estimate of drug-likeness (QED) is 0.143. The Hall–Kier alpha value is -6.53. The topological polar surface area (TPSA) is 19.4 Å². The first-order chi connectivity index (χ1) is 28.2. The standard InChI is InChI=1S/C50H42B2N6/c1-49(2)31-17-7-9-21-37(31)57-47-33(49)19-15-27-43(47)55-41-25-13-11-23-39(41)53(5)45-30-36-46(29-35(45)51(55)57)54(6)40-24-12-14-26-42(40)56-44-28-16-20-34-48(44)58(52(36)56)38-22-10-8-18-32(38)50(34,3)4/h7-30H,1-6H3. The summed E-state index contributed by atoms with van der Waals surface area (Å²) in [6, 6.07) is 55.2. The Bertz CT molecular complexity index is 2770. The number of hydrogen-bond acceptors (Lipinski definition) is 6. The van der Waals surface area contributed by atoms with Crippen LogP contribution in [-0.2, 0) is 10.8 Å². The van der Waals surface area contributed by atoms with E-state index in [2.05, 4.69) is 216 Å². The predicted molar refractivity (Wildman–Crippen MR) is 245 cm³/mol. The van der Waals surface area contributed by atoms with Crippen LogP contribution in [0.3, 0.4) is 0 Å².